The number of fused-ring (bicyclic) bond motifs is 2. The van der Waals surface area contributed by atoms with Gasteiger partial charge in [-0.2, -0.15) is 0 Å². The SMILES string of the molecule is CCOC(=O)c1cc2oc3ccc(CC)cc3c(=O)c2nc1OC. The Kier molecular flexibility index (Phi) is 4.20. The average Bonchev–Trinajstić information content (AvgIpc) is 2.61. The number of nitrogens with zero attached hydrogens (tertiary/aromatic N) is 1. The third-order valence-corrected chi connectivity index (χ3v) is 3.77. The van der Waals surface area contributed by atoms with Crippen molar-refractivity contribution in [3.8, 4) is 5.88 Å². The number of pyridine rings is 1. The molecule has 0 aliphatic carbocycles. The van der Waals surface area contributed by atoms with Crippen LogP contribution in [0.1, 0.15) is 29.8 Å². The number of esters is 1. The molecule has 3 rings (SSSR count). The van der Waals surface area contributed by atoms with Crippen LogP contribution in [0.5, 0.6) is 5.88 Å². The van der Waals surface area contributed by atoms with E-state index in [-0.39, 0.29) is 34.6 Å². The van der Waals surface area contributed by atoms with Crippen molar-refractivity contribution in [2.24, 2.45) is 0 Å². The van der Waals surface area contributed by atoms with Gasteiger partial charge in [-0.3, -0.25) is 4.79 Å². The molecule has 6 heteroatoms. The summed E-state index contributed by atoms with van der Waals surface area (Å²) in [4.78, 5) is 28.9. The van der Waals surface area contributed by atoms with Gasteiger partial charge in [-0.05, 0) is 31.0 Å². The van der Waals surface area contributed by atoms with Crippen molar-refractivity contribution in [1.82, 2.24) is 4.98 Å². The molecule has 124 valence electrons. The molecule has 0 saturated carbocycles. The van der Waals surface area contributed by atoms with Crippen molar-refractivity contribution in [2.45, 2.75) is 20.3 Å². The fourth-order valence-electron chi connectivity index (χ4n) is 2.54. The standard InChI is InChI=1S/C18H17NO5/c1-4-10-6-7-13-11(8-10)16(20)15-14(24-13)9-12(17(19-15)22-3)18(21)23-5-2/h6-9H,4-5H2,1-3H3. The summed E-state index contributed by atoms with van der Waals surface area (Å²) in [5.41, 5.74) is 1.70. The lowest BCUT2D eigenvalue weighted by Gasteiger charge is -2.09. The van der Waals surface area contributed by atoms with E-state index in [2.05, 4.69) is 4.98 Å². The Labute approximate surface area is 138 Å². The number of benzene rings is 1. The Morgan fingerprint density at radius 1 is 1.21 bits per heavy atom. The largest absolute Gasteiger partial charge is 0.480 e. The molecule has 24 heavy (non-hydrogen) atoms. The smallest absolute Gasteiger partial charge is 0.343 e. The quantitative estimate of drug-likeness (QED) is 0.541. The van der Waals surface area contributed by atoms with Crippen molar-refractivity contribution < 1.29 is 18.7 Å². The van der Waals surface area contributed by atoms with Gasteiger partial charge in [0.05, 0.1) is 19.1 Å². The molecule has 3 aromatic rings. The third-order valence-electron chi connectivity index (χ3n) is 3.77. The van der Waals surface area contributed by atoms with Crippen LogP contribution in [-0.2, 0) is 11.2 Å². The molecule has 0 bridgehead atoms. The van der Waals surface area contributed by atoms with Crippen LogP contribution < -0.4 is 10.2 Å². The van der Waals surface area contributed by atoms with Crippen molar-refractivity contribution in [3.05, 3.63) is 45.6 Å². The lowest BCUT2D eigenvalue weighted by molar-refractivity contribution is 0.0522. The topological polar surface area (TPSA) is 78.6 Å². The zero-order valence-electron chi connectivity index (χ0n) is 13.7. The lowest BCUT2D eigenvalue weighted by Crippen LogP contribution is -2.11. The fourth-order valence-corrected chi connectivity index (χ4v) is 2.54. The summed E-state index contributed by atoms with van der Waals surface area (Å²) in [5, 5.41) is 0.459. The number of ether oxygens (including phenoxy) is 2. The molecule has 1 aromatic carbocycles. The number of rotatable bonds is 4. The van der Waals surface area contributed by atoms with Gasteiger partial charge in [0.25, 0.3) is 0 Å². The van der Waals surface area contributed by atoms with E-state index in [1.54, 1.807) is 19.1 Å². The Bertz CT molecular complexity index is 990. The van der Waals surface area contributed by atoms with Crippen LogP contribution in [0.25, 0.3) is 22.1 Å². The van der Waals surface area contributed by atoms with Crippen LogP contribution >= 0.6 is 0 Å². The molecule has 0 fully saturated rings. The normalized spacial score (nSPS) is 11.0. The first kappa shape index (κ1) is 16.0. The van der Waals surface area contributed by atoms with E-state index in [4.69, 9.17) is 13.9 Å². The maximum absolute atomic E-state index is 12.7. The molecular formula is C18H17NO5. The summed E-state index contributed by atoms with van der Waals surface area (Å²) < 4.78 is 15.9. The third kappa shape index (κ3) is 2.60. The Hall–Kier alpha value is -2.89. The van der Waals surface area contributed by atoms with Gasteiger partial charge in [0.2, 0.25) is 11.3 Å². The maximum atomic E-state index is 12.7. The van der Waals surface area contributed by atoms with Gasteiger partial charge in [0, 0.05) is 6.07 Å². The first-order valence-electron chi connectivity index (χ1n) is 7.70. The molecular weight excluding hydrogens is 310 g/mol. The summed E-state index contributed by atoms with van der Waals surface area (Å²) in [6, 6.07) is 6.89. The molecule has 0 spiro atoms. The molecule has 0 aliphatic rings. The second kappa shape index (κ2) is 6.31. The van der Waals surface area contributed by atoms with E-state index < -0.39 is 5.97 Å². The summed E-state index contributed by atoms with van der Waals surface area (Å²) in [6.45, 7) is 3.94. The van der Waals surface area contributed by atoms with Gasteiger partial charge in [-0.15, -0.1) is 0 Å². The molecule has 0 radical (unpaired) electrons. The highest BCUT2D eigenvalue weighted by atomic mass is 16.5. The minimum atomic E-state index is -0.576. The first-order valence-corrected chi connectivity index (χ1v) is 7.70. The predicted molar refractivity (Wildman–Crippen MR) is 89.7 cm³/mol. The number of carbonyl (C=O) groups is 1. The molecule has 0 N–H and O–H groups in total. The van der Waals surface area contributed by atoms with Gasteiger partial charge in [-0.1, -0.05) is 13.0 Å². The second-order valence-corrected chi connectivity index (χ2v) is 5.23. The highest BCUT2D eigenvalue weighted by molar-refractivity contribution is 5.97. The number of aromatic nitrogens is 1. The van der Waals surface area contributed by atoms with E-state index in [0.717, 1.165) is 12.0 Å². The van der Waals surface area contributed by atoms with Crippen LogP contribution in [0, 0.1) is 0 Å². The molecule has 0 amide bonds. The molecule has 0 unspecified atom stereocenters. The fraction of sp³-hybridized carbons (Fsp3) is 0.278. The zero-order valence-corrected chi connectivity index (χ0v) is 13.7. The maximum Gasteiger partial charge on any atom is 0.343 e. The average molecular weight is 327 g/mol. The minimum absolute atomic E-state index is 0.0410. The number of carbonyl (C=O) groups excluding carboxylic acids is 1. The van der Waals surface area contributed by atoms with Gasteiger partial charge >= 0.3 is 5.97 Å². The molecule has 6 nitrogen and oxygen atoms in total. The molecule has 0 atom stereocenters. The van der Waals surface area contributed by atoms with Crippen LogP contribution in [0.4, 0.5) is 0 Å². The molecule has 2 aromatic heterocycles. The predicted octanol–water partition coefficient (Wildman–Crippen LogP) is 3.09. The van der Waals surface area contributed by atoms with Crippen molar-refractivity contribution in [3.63, 3.8) is 0 Å². The minimum Gasteiger partial charge on any atom is -0.480 e. The monoisotopic (exact) mass is 327 g/mol. The van der Waals surface area contributed by atoms with Crippen LogP contribution in [0.3, 0.4) is 0 Å². The van der Waals surface area contributed by atoms with Crippen molar-refractivity contribution in [2.75, 3.05) is 13.7 Å². The Balaban J connectivity index is 2.32. The Morgan fingerprint density at radius 2 is 2.00 bits per heavy atom. The van der Waals surface area contributed by atoms with E-state index in [0.29, 0.717) is 11.0 Å². The van der Waals surface area contributed by atoms with E-state index >= 15 is 0 Å². The lowest BCUT2D eigenvalue weighted by atomic mass is 10.1. The van der Waals surface area contributed by atoms with Crippen molar-refractivity contribution in [1.29, 1.82) is 0 Å². The molecule has 0 aliphatic heterocycles. The molecule has 2 heterocycles. The van der Waals surface area contributed by atoms with Gasteiger partial charge in [-0.25, -0.2) is 9.78 Å². The van der Waals surface area contributed by atoms with Gasteiger partial charge < -0.3 is 13.9 Å². The summed E-state index contributed by atoms with van der Waals surface area (Å²) in [6.07, 6.45) is 0.811. The summed E-state index contributed by atoms with van der Waals surface area (Å²) in [7, 11) is 1.38. The van der Waals surface area contributed by atoms with Crippen LogP contribution in [-0.4, -0.2) is 24.7 Å². The van der Waals surface area contributed by atoms with Crippen LogP contribution in [0.15, 0.2) is 33.5 Å². The van der Waals surface area contributed by atoms with E-state index in [9.17, 15) is 9.59 Å². The second-order valence-electron chi connectivity index (χ2n) is 5.23. The summed E-state index contributed by atoms with van der Waals surface area (Å²) >= 11 is 0. The van der Waals surface area contributed by atoms with E-state index in [1.165, 1.54) is 13.2 Å². The number of aryl methyl sites for hydroxylation is 1. The van der Waals surface area contributed by atoms with Gasteiger partial charge in [0.1, 0.15) is 11.1 Å². The molecule has 0 saturated heterocycles. The van der Waals surface area contributed by atoms with Gasteiger partial charge in [0.15, 0.2) is 11.1 Å². The number of hydrogen-bond donors (Lipinski definition) is 0. The van der Waals surface area contributed by atoms with Crippen molar-refractivity contribution >= 4 is 28.0 Å². The van der Waals surface area contributed by atoms with E-state index in [1.807, 2.05) is 13.0 Å². The first-order chi connectivity index (χ1) is 11.6. The highest BCUT2D eigenvalue weighted by Gasteiger charge is 2.19. The van der Waals surface area contributed by atoms with Crippen LogP contribution in [0.2, 0.25) is 0 Å². The summed E-state index contributed by atoms with van der Waals surface area (Å²) in [5.74, 6) is -0.535. The highest BCUT2D eigenvalue weighted by Crippen LogP contribution is 2.25. The number of hydrogen-bond acceptors (Lipinski definition) is 6. The Morgan fingerprint density at radius 3 is 2.67 bits per heavy atom. The zero-order chi connectivity index (χ0) is 17.3. The number of methoxy groups -OCH3 is 1.